The van der Waals surface area contributed by atoms with Gasteiger partial charge in [0, 0.05) is 83.2 Å². The lowest BCUT2D eigenvalue weighted by Gasteiger charge is -2.46. The predicted octanol–water partition coefficient (Wildman–Crippen LogP) is 3.25. The third-order valence-corrected chi connectivity index (χ3v) is 9.91. The van der Waals surface area contributed by atoms with Gasteiger partial charge in [0.25, 0.3) is 0 Å². The van der Waals surface area contributed by atoms with Crippen molar-refractivity contribution in [2.45, 2.75) is 75.8 Å². The number of allylic oxidation sites excluding steroid dienone is 3. The Bertz CT molecular complexity index is 1020. The topological polar surface area (TPSA) is 70.1 Å². The van der Waals surface area contributed by atoms with E-state index >= 15 is 0 Å². The molecule has 1 amide bonds. The average Bonchev–Trinajstić information content (AvgIpc) is 3.40. The van der Waals surface area contributed by atoms with Crippen LogP contribution in [0.5, 0.6) is 0 Å². The van der Waals surface area contributed by atoms with Crippen LogP contribution in [-0.2, 0) is 14.2 Å². The molecule has 3 saturated heterocycles. The smallest absolute Gasteiger partial charge is 0.410 e. The van der Waals surface area contributed by atoms with Crippen LogP contribution < -0.4 is 0 Å². The number of methoxy groups -OCH3 is 1. The van der Waals surface area contributed by atoms with Gasteiger partial charge in [0.1, 0.15) is 0 Å². The fourth-order valence-electron chi connectivity index (χ4n) is 7.18. The van der Waals surface area contributed by atoms with Gasteiger partial charge in [0.15, 0.2) is 6.10 Å². The first-order valence-corrected chi connectivity index (χ1v) is 14.9. The molecule has 214 valence electrons. The Hall–Kier alpha value is -2.20. The molecule has 0 aromatic rings. The number of hydrogen-bond donors (Lipinski definition) is 0. The van der Waals surface area contributed by atoms with Gasteiger partial charge in [0.2, 0.25) is 0 Å². The molecular weight excluding hydrogens is 494 g/mol. The molecule has 39 heavy (non-hydrogen) atoms. The van der Waals surface area contributed by atoms with Crippen LogP contribution in [-0.4, -0.2) is 121 Å². The van der Waals surface area contributed by atoms with Crippen molar-refractivity contribution < 1.29 is 19.0 Å². The maximum atomic E-state index is 12.5. The number of rotatable bonds is 6. The molecule has 3 atom stereocenters. The van der Waals surface area contributed by atoms with Gasteiger partial charge in [-0.2, -0.15) is 5.10 Å². The lowest BCUT2D eigenvalue weighted by Crippen LogP contribution is -2.57. The highest BCUT2D eigenvalue weighted by atomic mass is 16.6. The number of ether oxygens (including phenoxy) is 3. The minimum atomic E-state index is -0.199. The number of piperazine rings is 1. The van der Waals surface area contributed by atoms with Gasteiger partial charge >= 0.3 is 6.09 Å². The summed E-state index contributed by atoms with van der Waals surface area (Å²) in [5.41, 5.74) is 2.67. The molecular formula is C30H45N5O4. The highest BCUT2D eigenvalue weighted by Crippen LogP contribution is 2.41. The standard InChI is InChI=1S/C30H45N5O4/c1-22(2)32-12-9-30(37-3,10-13-32)25-6-4-23(5-7-25)24-18-28-27(8-11-31-35(28)19-24)33-14-16-34(17-15-33)29(36)39-26-20-38-21-26/h4-6,11,19,22,25-28H,7-10,12-18,20-21H2,1-3H3. The van der Waals surface area contributed by atoms with Crippen molar-refractivity contribution in [3.63, 3.8) is 0 Å². The molecule has 6 aliphatic rings. The van der Waals surface area contributed by atoms with Crippen molar-refractivity contribution in [3.05, 3.63) is 35.6 Å². The second-order valence-electron chi connectivity index (χ2n) is 12.2. The van der Waals surface area contributed by atoms with E-state index in [2.05, 4.69) is 59.3 Å². The van der Waals surface area contributed by atoms with Crippen molar-refractivity contribution in [2.75, 3.05) is 59.6 Å². The molecule has 5 heterocycles. The summed E-state index contributed by atoms with van der Waals surface area (Å²) in [4.78, 5) is 19.4. The molecule has 0 spiro atoms. The molecule has 0 aromatic carbocycles. The van der Waals surface area contributed by atoms with Crippen molar-refractivity contribution in [1.29, 1.82) is 0 Å². The Morgan fingerprint density at radius 1 is 1.08 bits per heavy atom. The van der Waals surface area contributed by atoms with E-state index < -0.39 is 0 Å². The van der Waals surface area contributed by atoms with Crippen molar-refractivity contribution in [2.24, 2.45) is 11.0 Å². The Labute approximate surface area is 233 Å². The number of hydrogen-bond acceptors (Lipinski definition) is 8. The van der Waals surface area contributed by atoms with E-state index in [0.29, 0.717) is 50.3 Å². The summed E-state index contributed by atoms with van der Waals surface area (Å²) >= 11 is 0. The number of fused-ring (bicyclic) bond motifs is 1. The predicted molar refractivity (Wildman–Crippen MR) is 150 cm³/mol. The van der Waals surface area contributed by atoms with Crippen LogP contribution in [0, 0.1) is 5.92 Å². The number of carbonyl (C=O) groups excluding carboxylic acids is 1. The molecule has 6 rings (SSSR count). The lowest BCUT2D eigenvalue weighted by molar-refractivity contribution is -0.106. The second kappa shape index (κ2) is 11.4. The molecule has 0 N–H and O–H groups in total. The summed E-state index contributed by atoms with van der Waals surface area (Å²) < 4.78 is 16.9. The third kappa shape index (κ3) is 5.43. The van der Waals surface area contributed by atoms with Crippen LogP contribution in [0.1, 0.15) is 46.0 Å². The van der Waals surface area contributed by atoms with Crippen LogP contribution in [0.25, 0.3) is 0 Å². The molecule has 0 bridgehead atoms. The minimum absolute atomic E-state index is 0.0545. The fourth-order valence-corrected chi connectivity index (χ4v) is 7.18. The van der Waals surface area contributed by atoms with E-state index in [-0.39, 0.29) is 17.8 Å². The molecule has 9 heteroatoms. The van der Waals surface area contributed by atoms with Crippen LogP contribution >= 0.6 is 0 Å². The number of nitrogens with zero attached hydrogens (tertiary/aromatic N) is 5. The number of hydrazone groups is 1. The van der Waals surface area contributed by atoms with Gasteiger partial charge in [-0.3, -0.25) is 9.91 Å². The van der Waals surface area contributed by atoms with E-state index in [1.165, 1.54) is 11.1 Å². The molecule has 1 aliphatic carbocycles. The number of likely N-dealkylation sites (tertiary alicyclic amines) is 1. The summed E-state index contributed by atoms with van der Waals surface area (Å²) in [6.45, 7) is 11.0. The fraction of sp³-hybridized carbons (Fsp3) is 0.733. The van der Waals surface area contributed by atoms with E-state index in [4.69, 9.17) is 19.3 Å². The average molecular weight is 540 g/mol. The third-order valence-electron chi connectivity index (χ3n) is 9.91. The molecule has 0 saturated carbocycles. The number of piperidine rings is 1. The second-order valence-corrected chi connectivity index (χ2v) is 12.2. The summed E-state index contributed by atoms with van der Waals surface area (Å²) in [5.74, 6) is 0.427. The largest absolute Gasteiger partial charge is 0.441 e. The molecule has 9 nitrogen and oxygen atoms in total. The van der Waals surface area contributed by atoms with E-state index in [9.17, 15) is 4.79 Å². The van der Waals surface area contributed by atoms with Crippen LogP contribution in [0.15, 0.2) is 40.7 Å². The zero-order valence-electron chi connectivity index (χ0n) is 23.8. The lowest BCUT2D eigenvalue weighted by atomic mass is 9.74. The van der Waals surface area contributed by atoms with Crippen molar-refractivity contribution in [3.8, 4) is 0 Å². The normalized spacial score (nSPS) is 31.6. The summed E-state index contributed by atoms with van der Waals surface area (Å²) in [6, 6.07) is 1.34. The zero-order chi connectivity index (χ0) is 27.0. The monoisotopic (exact) mass is 539 g/mol. The molecule has 0 radical (unpaired) electrons. The van der Waals surface area contributed by atoms with Crippen molar-refractivity contribution in [1.82, 2.24) is 19.7 Å². The first-order chi connectivity index (χ1) is 19.0. The Morgan fingerprint density at radius 3 is 2.46 bits per heavy atom. The van der Waals surface area contributed by atoms with E-state index in [1.54, 1.807) is 0 Å². The van der Waals surface area contributed by atoms with Gasteiger partial charge in [-0.25, -0.2) is 4.79 Å². The zero-order valence-corrected chi connectivity index (χ0v) is 23.8. The van der Waals surface area contributed by atoms with Gasteiger partial charge < -0.3 is 24.0 Å². The van der Waals surface area contributed by atoms with Gasteiger partial charge in [-0.05, 0) is 50.7 Å². The van der Waals surface area contributed by atoms with Crippen LogP contribution in [0.4, 0.5) is 4.79 Å². The van der Waals surface area contributed by atoms with Gasteiger partial charge in [-0.1, -0.05) is 18.2 Å². The summed E-state index contributed by atoms with van der Waals surface area (Å²) in [6.07, 6.45) is 16.4. The Balaban J connectivity index is 1.03. The number of carbonyl (C=O) groups is 1. The quantitative estimate of drug-likeness (QED) is 0.513. The molecule has 0 aromatic heterocycles. The maximum absolute atomic E-state index is 12.5. The summed E-state index contributed by atoms with van der Waals surface area (Å²) in [5, 5.41) is 6.92. The summed E-state index contributed by atoms with van der Waals surface area (Å²) in [7, 11) is 1.90. The Morgan fingerprint density at radius 2 is 1.85 bits per heavy atom. The highest BCUT2D eigenvalue weighted by molar-refractivity contribution is 5.68. The Kier molecular flexibility index (Phi) is 7.86. The van der Waals surface area contributed by atoms with Crippen LogP contribution in [0.3, 0.4) is 0 Å². The van der Waals surface area contributed by atoms with Crippen molar-refractivity contribution >= 4 is 12.3 Å². The van der Waals surface area contributed by atoms with Crippen LogP contribution in [0.2, 0.25) is 0 Å². The van der Waals surface area contributed by atoms with E-state index in [1.807, 2.05) is 12.0 Å². The maximum Gasteiger partial charge on any atom is 0.410 e. The van der Waals surface area contributed by atoms with Gasteiger partial charge in [0.05, 0.1) is 24.9 Å². The van der Waals surface area contributed by atoms with E-state index in [0.717, 1.165) is 58.3 Å². The molecule has 3 fully saturated rings. The SMILES string of the molecule is COC1(C2C=CC(C3=CN4N=CCC(N5CCN(C(=O)OC6COC6)CC5)C4C3)=CC2)CCN(C(C)C)CC1. The molecule has 5 aliphatic heterocycles. The first-order valence-electron chi connectivity index (χ1n) is 14.9. The highest BCUT2D eigenvalue weighted by Gasteiger charge is 2.43. The molecule has 3 unspecified atom stereocenters. The first kappa shape index (κ1) is 27.0. The minimum Gasteiger partial charge on any atom is -0.441 e. The van der Waals surface area contributed by atoms with Gasteiger partial charge in [-0.15, -0.1) is 0 Å². The number of amides is 1.